The molecular formula is C10H11FO2. The normalized spacial score (nSPS) is 12.2. The first-order valence-corrected chi connectivity index (χ1v) is 3.97. The van der Waals surface area contributed by atoms with Crippen LogP contribution in [-0.4, -0.2) is 13.4 Å². The van der Waals surface area contributed by atoms with Crippen LogP contribution < -0.4 is 4.74 Å². The molecule has 0 bridgehead atoms. The Morgan fingerprint density at radius 2 is 2.23 bits per heavy atom. The van der Waals surface area contributed by atoms with Crippen molar-refractivity contribution in [1.29, 1.82) is 0 Å². The predicted octanol–water partition coefficient (Wildman–Crippen LogP) is 2.54. The first-order chi connectivity index (χ1) is 6.20. The maximum atomic E-state index is 13.0. The molecule has 1 unspecified atom stereocenters. The third-order valence-corrected chi connectivity index (χ3v) is 1.87. The van der Waals surface area contributed by atoms with E-state index in [9.17, 15) is 9.18 Å². The summed E-state index contributed by atoms with van der Waals surface area (Å²) in [5.74, 6) is 0.414. The molecule has 1 aromatic rings. The second-order valence-corrected chi connectivity index (χ2v) is 2.70. The quantitative estimate of drug-likeness (QED) is 0.671. The third-order valence-electron chi connectivity index (χ3n) is 1.87. The van der Waals surface area contributed by atoms with Gasteiger partial charge in [0.25, 0.3) is 0 Å². The highest BCUT2D eigenvalue weighted by molar-refractivity contribution is 5.81. The summed E-state index contributed by atoms with van der Waals surface area (Å²) in [6, 6.07) is 4.88. The number of methoxy groups -OCH3 is 1. The highest BCUT2D eigenvalue weighted by Gasteiger charge is 2.12. The molecule has 0 spiro atoms. The van der Waals surface area contributed by atoms with Gasteiger partial charge in [-0.2, -0.15) is 0 Å². The van der Waals surface area contributed by atoms with Crippen LogP contribution in [-0.2, 0) is 0 Å². The van der Waals surface area contributed by atoms with Crippen LogP contribution in [0.5, 0.6) is 5.75 Å². The molecule has 0 aliphatic heterocycles. The molecular weight excluding hydrogens is 171 g/mol. The van der Waals surface area contributed by atoms with Crippen molar-refractivity contribution in [1.82, 2.24) is 0 Å². The lowest BCUT2D eigenvalue weighted by atomic mass is 10.0. The average Bonchev–Trinajstić information content (AvgIpc) is 2.16. The van der Waals surface area contributed by atoms with Crippen LogP contribution >= 0.6 is 0 Å². The van der Waals surface area contributed by atoms with Gasteiger partial charge >= 0.3 is 0 Å². The highest BCUT2D eigenvalue weighted by atomic mass is 19.1. The van der Waals surface area contributed by atoms with Gasteiger partial charge in [0.2, 0.25) is 0 Å². The van der Waals surface area contributed by atoms with Gasteiger partial charge in [-0.25, -0.2) is 4.39 Å². The number of hydrogen-bond donors (Lipinski definition) is 0. The lowest BCUT2D eigenvalue weighted by molar-refractivity contribution is 0.111. The SMILES string of the molecule is COc1cccc(C(C)F)c1C=O. The molecule has 0 heterocycles. The maximum absolute atomic E-state index is 13.0. The number of benzene rings is 1. The topological polar surface area (TPSA) is 26.3 Å². The minimum Gasteiger partial charge on any atom is -0.496 e. The zero-order chi connectivity index (χ0) is 9.84. The summed E-state index contributed by atoms with van der Waals surface area (Å²) in [5.41, 5.74) is 0.661. The molecule has 0 amide bonds. The second-order valence-electron chi connectivity index (χ2n) is 2.70. The smallest absolute Gasteiger partial charge is 0.154 e. The van der Waals surface area contributed by atoms with Gasteiger partial charge in [0.15, 0.2) is 6.29 Å². The van der Waals surface area contributed by atoms with Gasteiger partial charge in [0.05, 0.1) is 12.7 Å². The van der Waals surface area contributed by atoms with Crippen molar-refractivity contribution in [2.75, 3.05) is 7.11 Å². The van der Waals surface area contributed by atoms with E-state index in [1.54, 1.807) is 18.2 Å². The molecule has 0 fully saturated rings. The third kappa shape index (κ3) is 1.86. The molecule has 0 radical (unpaired) electrons. The summed E-state index contributed by atoms with van der Waals surface area (Å²) in [6.45, 7) is 1.39. The van der Waals surface area contributed by atoms with Gasteiger partial charge in [0.1, 0.15) is 11.9 Å². The number of carbonyl (C=O) groups is 1. The van der Waals surface area contributed by atoms with Crippen LogP contribution in [0.25, 0.3) is 0 Å². The number of aldehydes is 1. The van der Waals surface area contributed by atoms with Crippen molar-refractivity contribution in [3.05, 3.63) is 29.3 Å². The summed E-state index contributed by atoms with van der Waals surface area (Å²) in [4.78, 5) is 10.7. The van der Waals surface area contributed by atoms with E-state index < -0.39 is 6.17 Å². The molecule has 0 saturated heterocycles. The molecule has 1 rings (SSSR count). The molecule has 0 aliphatic rings. The molecule has 0 aromatic heterocycles. The van der Waals surface area contributed by atoms with Gasteiger partial charge < -0.3 is 4.74 Å². The van der Waals surface area contributed by atoms with Gasteiger partial charge in [-0.3, -0.25) is 4.79 Å². The summed E-state index contributed by atoms with van der Waals surface area (Å²) in [6.07, 6.45) is -0.542. The molecule has 1 aromatic carbocycles. The standard InChI is InChI=1S/C10H11FO2/c1-7(11)8-4-3-5-10(13-2)9(8)6-12/h3-7H,1-2H3. The molecule has 2 nitrogen and oxygen atoms in total. The Morgan fingerprint density at radius 1 is 1.54 bits per heavy atom. The van der Waals surface area contributed by atoms with E-state index >= 15 is 0 Å². The van der Waals surface area contributed by atoms with Crippen LogP contribution in [0, 0.1) is 0 Å². The van der Waals surface area contributed by atoms with Crippen molar-refractivity contribution in [2.45, 2.75) is 13.1 Å². The van der Waals surface area contributed by atoms with Crippen molar-refractivity contribution < 1.29 is 13.9 Å². The lowest BCUT2D eigenvalue weighted by Gasteiger charge is -2.09. The van der Waals surface area contributed by atoms with Gasteiger partial charge in [-0.05, 0) is 18.6 Å². The maximum Gasteiger partial charge on any atom is 0.154 e. The molecule has 0 N–H and O–H groups in total. The zero-order valence-corrected chi connectivity index (χ0v) is 7.58. The van der Waals surface area contributed by atoms with Crippen LogP contribution in [0.2, 0.25) is 0 Å². The summed E-state index contributed by atoms with van der Waals surface area (Å²) in [5, 5.41) is 0. The lowest BCUT2D eigenvalue weighted by Crippen LogP contribution is -1.97. The molecule has 0 saturated carbocycles. The van der Waals surface area contributed by atoms with Crippen molar-refractivity contribution >= 4 is 6.29 Å². The predicted molar refractivity (Wildman–Crippen MR) is 47.9 cm³/mol. The Balaban J connectivity index is 3.27. The minimum atomic E-state index is -1.16. The van der Waals surface area contributed by atoms with Gasteiger partial charge in [-0.15, -0.1) is 0 Å². The Labute approximate surface area is 76.3 Å². The van der Waals surface area contributed by atoms with E-state index in [4.69, 9.17) is 4.74 Å². The van der Waals surface area contributed by atoms with E-state index in [-0.39, 0.29) is 0 Å². The van der Waals surface area contributed by atoms with Gasteiger partial charge in [-0.1, -0.05) is 12.1 Å². The number of hydrogen-bond acceptors (Lipinski definition) is 2. The largest absolute Gasteiger partial charge is 0.496 e. The highest BCUT2D eigenvalue weighted by Crippen LogP contribution is 2.26. The molecule has 70 valence electrons. The van der Waals surface area contributed by atoms with E-state index in [2.05, 4.69) is 0 Å². The average molecular weight is 182 g/mol. The van der Waals surface area contributed by atoms with Crippen molar-refractivity contribution in [3.63, 3.8) is 0 Å². The Kier molecular flexibility index (Phi) is 3.01. The van der Waals surface area contributed by atoms with Crippen LogP contribution in [0.4, 0.5) is 4.39 Å². The van der Waals surface area contributed by atoms with Crippen LogP contribution in [0.15, 0.2) is 18.2 Å². The van der Waals surface area contributed by atoms with E-state index in [1.165, 1.54) is 14.0 Å². The Morgan fingerprint density at radius 3 is 2.69 bits per heavy atom. The number of halogens is 1. The summed E-state index contributed by atoms with van der Waals surface area (Å²) in [7, 11) is 1.45. The van der Waals surface area contributed by atoms with Gasteiger partial charge in [0, 0.05) is 0 Å². The monoisotopic (exact) mass is 182 g/mol. The number of rotatable bonds is 3. The fourth-order valence-corrected chi connectivity index (χ4v) is 1.21. The fourth-order valence-electron chi connectivity index (χ4n) is 1.21. The first kappa shape index (κ1) is 9.71. The first-order valence-electron chi connectivity index (χ1n) is 3.97. The second kappa shape index (κ2) is 4.03. The van der Waals surface area contributed by atoms with Crippen molar-refractivity contribution in [2.24, 2.45) is 0 Å². The van der Waals surface area contributed by atoms with Crippen LogP contribution in [0.3, 0.4) is 0 Å². The van der Waals surface area contributed by atoms with E-state index in [1.807, 2.05) is 0 Å². The number of ether oxygens (including phenoxy) is 1. The summed E-state index contributed by atoms with van der Waals surface area (Å²) >= 11 is 0. The zero-order valence-electron chi connectivity index (χ0n) is 7.58. The molecule has 1 atom stereocenters. The Hall–Kier alpha value is -1.38. The fraction of sp³-hybridized carbons (Fsp3) is 0.300. The molecule has 13 heavy (non-hydrogen) atoms. The number of carbonyl (C=O) groups excluding carboxylic acids is 1. The minimum absolute atomic E-state index is 0.292. The van der Waals surface area contributed by atoms with E-state index in [0.29, 0.717) is 23.2 Å². The Bertz CT molecular complexity index is 308. The summed E-state index contributed by atoms with van der Waals surface area (Å²) < 4.78 is 17.9. The number of alkyl halides is 1. The van der Waals surface area contributed by atoms with Crippen molar-refractivity contribution in [3.8, 4) is 5.75 Å². The van der Waals surface area contributed by atoms with Crippen LogP contribution in [0.1, 0.15) is 29.0 Å². The van der Waals surface area contributed by atoms with E-state index in [0.717, 1.165) is 0 Å². The molecule has 0 aliphatic carbocycles. The molecule has 3 heteroatoms.